The molecule has 0 heterocycles. The van der Waals surface area contributed by atoms with Crippen LogP contribution in [0.3, 0.4) is 0 Å². The SMILES string of the molecule is CC(C)(C)OC(=O)NC1(CN(CCO)Cc2ccc(Cl)c(C(=O)NCC34CC5CC(CC(C5)C3)C4)c2)CC1. The van der Waals surface area contributed by atoms with Gasteiger partial charge in [-0.15, -0.1) is 0 Å². The summed E-state index contributed by atoms with van der Waals surface area (Å²) in [5.41, 5.74) is 0.830. The van der Waals surface area contributed by atoms with Gasteiger partial charge in [-0.05, 0) is 113 Å². The molecule has 210 valence electrons. The number of carbonyl (C=O) groups excluding carboxylic acids is 2. The van der Waals surface area contributed by atoms with Gasteiger partial charge in [0.2, 0.25) is 0 Å². The van der Waals surface area contributed by atoms with E-state index in [-0.39, 0.29) is 23.5 Å². The Balaban J connectivity index is 1.20. The van der Waals surface area contributed by atoms with Gasteiger partial charge in [-0.2, -0.15) is 0 Å². The third-order valence-electron chi connectivity index (χ3n) is 9.03. The maximum atomic E-state index is 13.3. The van der Waals surface area contributed by atoms with E-state index in [9.17, 15) is 14.7 Å². The molecule has 0 aliphatic heterocycles. The molecule has 4 bridgehead atoms. The van der Waals surface area contributed by atoms with Gasteiger partial charge in [-0.25, -0.2) is 4.79 Å². The first-order chi connectivity index (χ1) is 18.0. The van der Waals surface area contributed by atoms with E-state index in [1.807, 2.05) is 32.9 Å². The van der Waals surface area contributed by atoms with E-state index in [0.29, 0.717) is 30.2 Å². The number of nitrogens with one attached hydrogen (secondary N) is 2. The Morgan fingerprint density at radius 1 is 1.11 bits per heavy atom. The van der Waals surface area contributed by atoms with E-state index in [1.54, 1.807) is 6.07 Å². The summed E-state index contributed by atoms with van der Waals surface area (Å²) in [5, 5.41) is 16.4. The van der Waals surface area contributed by atoms with Crippen LogP contribution >= 0.6 is 11.6 Å². The fraction of sp³-hybridized carbons (Fsp3) is 0.733. The number of aliphatic hydroxyl groups excluding tert-OH is 1. The highest BCUT2D eigenvalue weighted by Crippen LogP contribution is 2.59. The van der Waals surface area contributed by atoms with Crippen LogP contribution in [0.5, 0.6) is 0 Å². The highest BCUT2D eigenvalue weighted by molar-refractivity contribution is 6.33. The second kappa shape index (κ2) is 10.6. The lowest BCUT2D eigenvalue weighted by Gasteiger charge is -2.56. The molecule has 5 aliphatic rings. The van der Waals surface area contributed by atoms with Crippen LogP contribution in [0.25, 0.3) is 0 Å². The molecule has 38 heavy (non-hydrogen) atoms. The Bertz CT molecular complexity index is 1010. The number of halogens is 1. The van der Waals surface area contributed by atoms with Crippen molar-refractivity contribution in [2.24, 2.45) is 23.2 Å². The van der Waals surface area contributed by atoms with Crippen molar-refractivity contribution in [1.29, 1.82) is 0 Å². The standard InChI is InChI=1S/C30H44ClN3O4/c1-28(2,3)38-27(37)33-30(6-7-30)19-34(8-9-35)17-20-4-5-25(31)24(13-20)26(36)32-18-29-14-21-10-22(15-29)12-23(11-21)16-29/h4-5,13,21-23,35H,6-12,14-19H2,1-3H3,(H,32,36)(H,33,37). The van der Waals surface area contributed by atoms with Crippen LogP contribution in [-0.2, 0) is 11.3 Å². The number of benzene rings is 1. The van der Waals surface area contributed by atoms with Crippen molar-refractivity contribution in [1.82, 2.24) is 15.5 Å². The smallest absolute Gasteiger partial charge is 0.408 e. The first-order valence-electron chi connectivity index (χ1n) is 14.4. The number of rotatable bonds is 10. The highest BCUT2D eigenvalue weighted by Gasteiger charge is 2.51. The van der Waals surface area contributed by atoms with E-state index in [0.717, 1.165) is 42.7 Å². The number of alkyl carbamates (subject to hydrolysis) is 1. The van der Waals surface area contributed by atoms with Gasteiger partial charge >= 0.3 is 6.09 Å². The monoisotopic (exact) mass is 545 g/mol. The van der Waals surface area contributed by atoms with Gasteiger partial charge in [0, 0.05) is 26.2 Å². The van der Waals surface area contributed by atoms with Crippen LogP contribution in [0.15, 0.2) is 18.2 Å². The molecule has 0 aromatic heterocycles. The molecule has 8 heteroatoms. The second-order valence-corrected chi connectivity index (χ2v) is 14.2. The summed E-state index contributed by atoms with van der Waals surface area (Å²) >= 11 is 6.49. The average molecular weight is 546 g/mol. The van der Waals surface area contributed by atoms with Crippen LogP contribution in [-0.4, -0.2) is 59.4 Å². The first kappa shape index (κ1) is 27.7. The minimum absolute atomic E-state index is 0.00845. The van der Waals surface area contributed by atoms with Crippen molar-refractivity contribution in [2.75, 3.05) is 26.2 Å². The fourth-order valence-corrected chi connectivity index (χ4v) is 7.95. The molecular formula is C30H44ClN3O4. The number of carbonyl (C=O) groups is 2. The van der Waals surface area contributed by atoms with E-state index < -0.39 is 11.7 Å². The summed E-state index contributed by atoms with van der Waals surface area (Å²) in [5.74, 6) is 2.44. The molecule has 0 atom stereocenters. The van der Waals surface area contributed by atoms with Crippen molar-refractivity contribution in [3.05, 3.63) is 34.3 Å². The van der Waals surface area contributed by atoms with Crippen LogP contribution in [0.2, 0.25) is 5.02 Å². The predicted molar refractivity (Wildman–Crippen MR) is 148 cm³/mol. The number of ether oxygens (including phenoxy) is 1. The molecule has 5 aliphatic carbocycles. The lowest BCUT2D eigenvalue weighted by Crippen LogP contribution is -2.51. The molecule has 0 spiro atoms. The minimum atomic E-state index is -0.555. The van der Waals surface area contributed by atoms with E-state index in [2.05, 4.69) is 15.5 Å². The van der Waals surface area contributed by atoms with Gasteiger partial charge in [0.25, 0.3) is 5.91 Å². The zero-order valence-electron chi connectivity index (χ0n) is 23.2. The number of amides is 2. The van der Waals surface area contributed by atoms with Crippen LogP contribution < -0.4 is 10.6 Å². The summed E-state index contributed by atoms with van der Waals surface area (Å²) in [6, 6.07) is 5.60. The number of nitrogens with zero attached hydrogens (tertiary/aromatic N) is 1. The van der Waals surface area contributed by atoms with Gasteiger partial charge in [0.1, 0.15) is 5.60 Å². The van der Waals surface area contributed by atoms with E-state index in [4.69, 9.17) is 16.3 Å². The lowest BCUT2D eigenvalue weighted by molar-refractivity contribution is -0.0503. The molecule has 7 nitrogen and oxygen atoms in total. The fourth-order valence-electron chi connectivity index (χ4n) is 7.75. The van der Waals surface area contributed by atoms with Crippen LogP contribution in [0.1, 0.15) is 88.1 Å². The number of aliphatic hydroxyl groups is 1. The van der Waals surface area contributed by atoms with Crippen molar-refractivity contribution in [3.8, 4) is 0 Å². The van der Waals surface area contributed by atoms with E-state index in [1.165, 1.54) is 38.5 Å². The van der Waals surface area contributed by atoms with Gasteiger partial charge in [0.15, 0.2) is 0 Å². The Morgan fingerprint density at radius 3 is 2.29 bits per heavy atom. The molecule has 1 aromatic rings. The molecule has 1 aromatic carbocycles. The first-order valence-corrected chi connectivity index (χ1v) is 14.7. The van der Waals surface area contributed by atoms with Gasteiger partial charge in [-0.3, -0.25) is 9.69 Å². The highest BCUT2D eigenvalue weighted by atomic mass is 35.5. The maximum absolute atomic E-state index is 13.3. The summed E-state index contributed by atoms with van der Waals surface area (Å²) in [4.78, 5) is 27.8. The summed E-state index contributed by atoms with van der Waals surface area (Å²) in [7, 11) is 0. The lowest BCUT2D eigenvalue weighted by atomic mass is 9.49. The van der Waals surface area contributed by atoms with Crippen LogP contribution in [0.4, 0.5) is 4.79 Å². The van der Waals surface area contributed by atoms with E-state index >= 15 is 0 Å². The Labute approximate surface area is 232 Å². The molecular weight excluding hydrogens is 502 g/mol. The molecule has 5 saturated carbocycles. The van der Waals surface area contributed by atoms with Gasteiger partial charge in [-0.1, -0.05) is 17.7 Å². The van der Waals surface area contributed by atoms with Crippen molar-refractivity contribution in [3.63, 3.8) is 0 Å². The molecule has 2 amide bonds. The third-order valence-corrected chi connectivity index (χ3v) is 9.36. The second-order valence-electron chi connectivity index (χ2n) is 13.8. The average Bonchev–Trinajstić information content (AvgIpc) is 3.55. The zero-order chi connectivity index (χ0) is 27.1. The summed E-state index contributed by atoms with van der Waals surface area (Å²) in [6.45, 7) is 7.91. The largest absolute Gasteiger partial charge is 0.444 e. The van der Waals surface area contributed by atoms with Crippen LogP contribution in [0, 0.1) is 23.2 Å². The van der Waals surface area contributed by atoms with Crippen molar-refractivity contribution < 1.29 is 19.4 Å². The number of hydrogen-bond acceptors (Lipinski definition) is 5. The zero-order valence-corrected chi connectivity index (χ0v) is 23.9. The molecule has 0 radical (unpaired) electrons. The topological polar surface area (TPSA) is 90.9 Å². The van der Waals surface area contributed by atoms with Gasteiger partial charge in [0.05, 0.1) is 22.7 Å². The maximum Gasteiger partial charge on any atom is 0.408 e. The molecule has 0 saturated heterocycles. The molecule has 3 N–H and O–H groups in total. The summed E-state index contributed by atoms with van der Waals surface area (Å²) in [6.07, 6.45) is 9.25. The molecule has 6 rings (SSSR count). The minimum Gasteiger partial charge on any atom is -0.444 e. The quantitative estimate of drug-likeness (QED) is 0.379. The Kier molecular flexibility index (Phi) is 7.75. The normalized spacial score (nSPS) is 28.8. The summed E-state index contributed by atoms with van der Waals surface area (Å²) < 4.78 is 5.45. The Morgan fingerprint density at radius 2 is 1.74 bits per heavy atom. The number of hydrogen-bond donors (Lipinski definition) is 3. The molecule has 0 unspecified atom stereocenters. The molecule has 5 fully saturated rings. The van der Waals surface area contributed by atoms with Crippen molar-refractivity contribution >= 4 is 23.6 Å². The predicted octanol–water partition coefficient (Wildman–Crippen LogP) is 5.14. The third kappa shape index (κ3) is 6.65. The van der Waals surface area contributed by atoms with Gasteiger partial charge < -0.3 is 20.5 Å². The Hall–Kier alpha value is -1.83. The van der Waals surface area contributed by atoms with Crippen molar-refractivity contribution in [2.45, 2.75) is 89.8 Å².